The van der Waals surface area contributed by atoms with E-state index >= 15 is 0 Å². The van der Waals surface area contributed by atoms with Crippen LogP contribution in [0.2, 0.25) is 0 Å². The number of ketones is 1. The maximum Gasteiger partial charge on any atom is 0.142 e. The molecule has 3 aromatic rings. The van der Waals surface area contributed by atoms with Gasteiger partial charge < -0.3 is 5.32 Å². The maximum atomic E-state index is 12.8. The van der Waals surface area contributed by atoms with E-state index in [0.29, 0.717) is 12.2 Å². The molecule has 154 valence electrons. The van der Waals surface area contributed by atoms with Crippen molar-refractivity contribution in [1.82, 2.24) is 9.97 Å². The first kappa shape index (κ1) is 19.4. The Balaban J connectivity index is 1.44. The minimum Gasteiger partial charge on any atom is -0.340 e. The normalized spacial score (nSPS) is 17.8. The van der Waals surface area contributed by atoms with Gasteiger partial charge in [0.2, 0.25) is 0 Å². The molecule has 6 heteroatoms. The topological polar surface area (TPSA) is 67.2 Å². The van der Waals surface area contributed by atoms with Crippen molar-refractivity contribution < 1.29 is 4.79 Å². The summed E-state index contributed by atoms with van der Waals surface area (Å²) in [6.45, 7) is 7.17. The number of nitrogens with one attached hydrogen (secondary N) is 1. The molecule has 0 saturated heterocycles. The molecule has 0 amide bonds. The molecule has 3 heterocycles. The number of nitrogens with zero attached hydrogens (tertiary/aromatic N) is 3. The summed E-state index contributed by atoms with van der Waals surface area (Å²) in [4.78, 5) is 28.5. The average molecular weight is 419 g/mol. The molecule has 1 unspecified atom stereocenters. The Kier molecular flexibility index (Phi) is 4.69. The van der Waals surface area contributed by atoms with Crippen LogP contribution in [0, 0.1) is 11.3 Å². The van der Waals surface area contributed by atoms with E-state index in [4.69, 9.17) is 0 Å². The van der Waals surface area contributed by atoms with Gasteiger partial charge in [-0.15, -0.1) is 11.3 Å². The highest BCUT2D eigenvalue weighted by molar-refractivity contribution is 7.19. The molecule has 0 fully saturated rings. The zero-order valence-corrected chi connectivity index (χ0v) is 18.5. The third-order valence-corrected chi connectivity index (χ3v) is 7.07. The smallest absolute Gasteiger partial charge is 0.142 e. The van der Waals surface area contributed by atoms with Gasteiger partial charge in [0.05, 0.1) is 11.9 Å². The summed E-state index contributed by atoms with van der Waals surface area (Å²) in [6, 6.07) is 6.33. The molecule has 30 heavy (non-hydrogen) atoms. The van der Waals surface area contributed by atoms with E-state index in [-0.39, 0.29) is 11.3 Å². The Morgan fingerprint density at radius 2 is 2.13 bits per heavy atom. The van der Waals surface area contributed by atoms with Crippen molar-refractivity contribution >= 4 is 45.1 Å². The number of rotatable bonds is 4. The summed E-state index contributed by atoms with van der Waals surface area (Å²) >= 11 is 1.72. The predicted molar refractivity (Wildman–Crippen MR) is 123 cm³/mol. The van der Waals surface area contributed by atoms with Crippen molar-refractivity contribution in [2.45, 2.75) is 53.0 Å². The van der Waals surface area contributed by atoms with Crippen molar-refractivity contribution in [2.75, 3.05) is 5.32 Å². The highest BCUT2D eigenvalue weighted by Gasteiger charge is 2.30. The summed E-state index contributed by atoms with van der Waals surface area (Å²) in [5.41, 5.74) is 4.79. The highest BCUT2D eigenvalue weighted by atomic mass is 32.1. The molecule has 2 aromatic heterocycles. The highest BCUT2D eigenvalue weighted by Crippen LogP contribution is 2.41. The van der Waals surface area contributed by atoms with Gasteiger partial charge in [-0.2, -0.15) is 0 Å². The second-order valence-electron chi connectivity index (χ2n) is 9.56. The summed E-state index contributed by atoms with van der Waals surface area (Å²) in [7, 11) is 0. The van der Waals surface area contributed by atoms with Gasteiger partial charge in [-0.25, -0.2) is 9.97 Å². The third kappa shape index (κ3) is 3.65. The van der Waals surface area contributed by atoms with E-state index in [1.165, 1.54) is 16.0 Å². The molecule has 5 rings (SSSR count). The lowest BCUT2D eigenvalue weighted by Gasteiger charge is -2.25. The number of hydrogen-bond donors (Lipinski definition) is 1. The number of benzene rings is 1. The van der Waals surface area contributed by atoms with Gasteiger partial charge in [-0.1, -0.05) is 26.8 Å². The van der Waals surface area contributed by atoms with E-state index < -0.39 is 0 Å². The number of anilines is 2. The lowest BCUT2D eigenvalue weighted by atomic mass is 9.79. The molecule has 0 spiro atoms. The molecule has 0 radical (unpaired) electrons. The van der Waals surface area contributed by atoms with Crippen molar-refractivity contribution in [3.8, 4) is 0 Å². The van der Waals surface area contributed by atoms with Crippen LogP contribution in [0.25, 0.3) is 10.2 Å². The van der Waals surface area contributed by atoms with Crippen molar-refractivity contribution in [2.24, 2.45) is 16.3 Å². The fourth-order valence-electron chi connectivity index (χ4n) is 4.46. The number of hydrogen-bond acceptors (Lipinski definition) is 6. The molecule has 1 aliphatic carbocycles. The van der Waals surface area contributed by atoms with Gasteiger partial charge in [0.15, 0.2) is 0 Å². The van der Waals surface area contributed by atoms with Gasteiger partial charge >= 0.3 is 0 Å². The van der Waals surface area contributed by atoms with Crippen LogP contribution < -0.4 is 5.32 Å². The summed E-state index contributed by atoms with van der Waals surface area (Å²) < 4.78 is 0. The fourth-order valence-corrected chi connectivity index (χ4v) is 5.73. The van der Waals surface area contributed by atoms with E-state index in [1.54, 1.807) is 17.7 Å². The Labute approximate surface area is 180 Å². The lowest BCUT2D eigenvalue weighted by Crippen LogP contribution is -2.25. The van der Waals surface area contributed by atoms with Gasteiger partial charge in [0.1, 0.15) is 22.8 Å². The van der Waals surface area contributed by atoms with Gasteiger partial charge in [0.25, 0.3) is 0 Å². The number of aliphatic imine (C=N–C) groups is 1. The molecule has 0 bridgehead atoms. The third-order valence-electron chi connectivity index (χ3n) is 5.91. The quantitative estimate of drug-likeness (QED) is 0.609. The fraction of sp³-hybridized carbons (Fsp3) is 0.417. The Morgan fingerprint density at radius 3 is 2.97 bits per heavy atom. The Bertz CT molecular complexity index is 1170. The standard InChI is InChI=1S/C24H26N4OS/c1-24(2,3)10-19(29)14-5-7-18-20(9-14)30-23-21(18)22(26-13-27-23)28-17-6-4-15-11-25-12-16(15)8-17/h4,6,8,12-14H,5,7,9-11H2,1-3H3,(H,26,27,28). The van der Waals surface area contributed by atoms with Crippen LogP contribution in [0.1, 0.15) is 55.2 Å². The monoisotopic (exact) mass is 418 g/mol. The Morgan fingerprint density at radius 1 is 1.27 bits per heavy atom. The summed E-state index contributed by atoms with van der Waals surface area (Å²) in [5, 5.41) is 4.62. The molecular formula is C24H26N4OS. The SMILES string of the molecule is CC(C)(C)CC(=O)C1CCc2c(sc3ncnc(Nc4ccc5c(c4)C=NC5)c23)C1. The number of carbonyl (C=O) groups excluding carboxylic acids is 1. The number of aryl methyl sites for hydroxylation is 1. The minimum atomic E-state index is 0.0423. The molecule has 0 saturated carbocycles. The predicted octanol–water partition coefficient (Wildman–Crippen LogP) is 5.48. The van der Waals surface area contributed by atoms with Crippen LogP contribution in [0.15, 0.2) is 29.5 Å². The summed E-state index contributed by atoms with van der Waals surface area (Å²) in [6.07, 6.45) is 6.86. The molecule has 1 N–H and O–H groups in total. The van der Waals surface area contributed by atoms with Gasteiger partial charge in [-0.3, -0.25) is 9.79 Å². The van der Waals surface area contributed by atoms with Gasteiger partial charge in [-0.05, 0) is 53.5 Å². The first-order chi connectivity index (χ1) is 14.4. The molecule has 5 nitrogen and oxygen atoms in total. The largest absolute Gasteiger partial charge is 0.340 e. The maximum absolute atomic E-state index is 12.8. The van der Waals surface area contributed by atoms with Crippen LogP contribution in [-0.2, 0) is 24.2 Å². The zero-order chi connectivity index (χ0) is 20.9. The number of Topliss-reactive ketones (excluding diaryl/α,β-unsaturated/α-hetero) is 1. The molecule has 1 atom stereocenters. The minimum absolute atomic E-state index is 0.0423. The Hall–Kier alpha value is -2.60. The van der Waals surface area contributed by atoms with Crippen LogP contribution in [0.5, 0.6) is 0 Å². The van der Waals surface area contributed by atoms with Crippen LogP contribution >= 0.6 is 11.3 Å². The van der Waals surface area contributed by atoms with Crippen LogP contribution in [-0.4, -0.2) is 22.0 Å². The van der Waals surface area contributed by atoms with Crippen LogP contribution in [0.4, 0.5) is 11.5 Å². The number of thiophene rings is 1. The lowest BCUT2D eigenvalue weighted by molar-refractivity contribution is -0.124. The first-order valence-electron chi connectivity index (χ1n) is 10.6. The molecule has 2 aliphatic rings. The first-order valence-corrected chi connectivity index (χ1v) is 11.4. The zero-order valence-electron chi connectivity index (χ0n) is 17.7. The summed E-state index contributed by atoms with van der Waals surface area (Å²) in [5.74, 6) is 1.38. The van der Waals surface area contributed by atoms with Crippen molar-refractivity contribution in [3.05, 3.63) is 46.1 Å². The van der Waals surface area contributed by atoms with Gasteiger partial charge in [0, 0.05) is 29.1 Å². The van der Waals surface area contributed by atoms with Crippen molar-refractivity contribution in [3.63, 3.8) is 0 Å². The molecule has 1 aliphatic heterocycles. The van der Waals surface area contributed by atoms with E-state index in [2.05, 4.69) is 59.2 Å². The van der Waals surface area contributed by atoms with E-state index in [9.17, 15) is 4.79 Å². The molecule has 1 aromatic carbocycles. The number of fused-ring (bicyclic) bond motifs is 4. The van der Waals surface area contributed by atoms with E-state index in [0.717, 1.165) is 53.1 Å². The number of aromatic nitrogens is 2. The average Bonchev–Trinajstić information content (AvgIpc) is 3.30. The second-order valence-corrected chi connectivity index (χ2v) is 10.6. The van der Waals surface area contributed by atoms with E-state index in [1.807, 2.05) is 6.21 Å². The second kappa shape index (κ2) is 7.27. The van der Waals surface area contributed by atoms with Crippen LogP contribution in [0.3, 0.4) is 0 Å². The number of carbonyl (C=O) groups is 1. The molecular weight excluding hydrogens is 392 g/mol. The van der Waals surface area contributed by atoms with Crippen molar-refractivity contribution in [1.29, 1.82) is 0 Å².